The van der Waals surface area contributed by atoms with Crippen LogP contribution in [0, 0.1) is 0 Å². The maximum absolute atomic E-state index is 11.6. The Morgan fingerprint density at radius 3 is 2.29 bits per heavy atom. The minimum Gasteiger partial charge on any atom is -0.503 e. The third-order valence-corrected chi connectivity index (χ3v) is 2.82. The van der Waals surface area contributed by atoms with Gasteiger partial charge < -0.3 is 14.2 Å². The van der Waals surface area contributed by atoms with Gasteiger partial charge in [0.25, 0.3) is 0 Å². The molecule has 1 aromatic carbocycles. The van der Waals surface area contributed by atoms with E-state index in [2.05, 4.69) is 0 Å². The Labute approximate surface area is 125 Å². The van der Waals surface area contributed by atoms with Gasteiger partial charge in [-0.15, -0.1) is 0 Å². The zero-order chi connectivity index (χ0) is 15.7. The molecule has 4 heteroatoms. The Bertz CT molecular complexity index is 551. The summed E-state index contributed by atoms with van der Waals surface area (Å²) in [6.07, 6.45) is 7.00. The van der Waals surface area contributed by atoms with E-state index >= 15 is 0 Å². The number of benzene rings is 1. The van der Waals surface area contributed by atoms with Crippen LogP contribution in [-0.2, 0) is 14.3 Å². The van der Waals surface area contributed by atoms with Crippen LogP contribution < -0.4 is 4.74 Å². The van der Waals surface area contributed by atoms with E-state index < -0.39 is 5.97 Å². The molecule has 0 fully saturated rings. The van der Waals surface area contributed by atoms with Crippen LogP contribution >= 0.6 is 0 Å². The summed E-state index contributed by atoms with van der Waals surface area (Å²) in [5.41, 5.74) is 2.18. The second kappa shape index (κ2) is 8.64. The van der Waals surface area contributed by atoms with Crippen molar-refractivity contribution in [1.82, 2.24) is 0 Å². The molecule has 0 atom stereocenters. The highest BCUT2D eigenvalue weighted by Crippen LogP contribution is 2.14. The van der Waals surface area contributed by atoms with Crippen molar-refractivity contribution >= 4 is 12.0 Å². The first kappa shape index (κ1) is 16.6. The smallest absolute Gasteiger partial charge is 0.341 e. The SMILES string of the molecule is CO\C=C(C(=O)OC)/C(C)=C\C=C\c1ccc(OC)cc1. The summed E-state index contributed by atoms with van der Waals surface area (Å²) in [4.78, 5) is 11.6. The van der Waals surface area contributed by atoms with Crippen LogP contribution in [-0.4, -0.2) is 27.3 Å². The minimum atomic E-state index is -0.427. The zero-order valence-electron chi connectivity index (χ0n) is 12.8. The molecule has 0 unspecified atom stereocenters. The van der Waals surface area contributed by atoms with E-state index in [0.29, 0.717) is 5.57 Å². The molecule has 21 heavy (non-hydrogen) atoms. The largest absolute Gasteiger partial charge is 0.503 e. The first-order valence-corrected chi connectivity index (χ1v) is 6.43. The second-order valence-corrected chi connectivity index (χ2v) is 4.24. The van der Waals surface area contributed by atoms with E-state index in [1.54, 1.807) is 7.11 Å². The Morgan fingerprint density at radius 1 is 1.10 bits per heavy atom. The van der Waals surface area contributed by atoms with Crippen LogP contribution in [0.5, 0.6) is 5.75 Å². The summed E-state index contributed by atoms with van der Waals surface area (Å²) < 4.78 is 14.7. The van der Waals surface area contributed by atoms with E-state index in [1.807, 2.05) is 49.4 Å². The van der Waals surface area contributed by atoms with Gasteiger partial charge in [-0.05, 0) is 30.2 Å². The number of esters is 1. The third kappa shape index (κ3) is 5.18. The van der Waals surface area contributed by atoms with Crippen molar-refractivity contribution in [1.29, 1.82) is 0 Å². The molecule has 0 heterocycles. The Morgan fingerprint density at radius 2 is 1.76 bits per heavy atom. The number of methoxy groups -OCH3 is 3. The van der Waals surface area contributed by atoms with Gasteiger partial charge in [-0.2, -0.15) is 0 Å². The fourth-order valence-corrected chi connectivity index (χ4v) is 1.64. The fraction of sp³-hybridized carbons (Fsp3) is 0.235. The topological polar surface area (TPSA) is 44.8 Å². The maximum atomic E-state index is 11.6. The molecule has 0 aliphatic heterocycles. The van der Waals surface area contributed by atoms with Gasteiger partial charge in [-0.25, -0.2) is 4.79 Å². The number of hydrogen-bond acceptors (Lipinski definition) is 4. The Kier molecular flexibility index (Phi) is 6.81. The summed E-state index contributed by atoms with van der Waals surface area (Å²) in [7, 11) is 4.46. The van der Waals surface area contributed by atoms with Crippen LogP contribution in [0.2, 0.25) is 0 Å². The molecule has 0 aromatic heterocycles. The van der Waals surface area contributed by atoms with Crippen molar-refractivity contribution in [2.45, 2.75) is 6.92 Å². The highest BCUT2D eigenvalue weighted by molar-refractivity contribution is 5.92. The lowest BCUT2D eigenvalue weighted by Gasteiger charge is -2.04. The van der Waals surface area contributed by atoms with E-state index in [-0.39, 0.29) is 0 Å². The summed E-state index contributed by atoms with van der Waals surface area (Å²) >= 11 is 0. The quantitative estimate of drug-likeness (QED) is 0.348. The van der Waals surface area contributed by atoms with Crippen molar-refractivity contribution in [3.63, 3.8) is 0 Å². The molecule has 4 nitrogen and oxygen atoms in total. The van der Waals surface area contributed by atoms with Gasteiger partial charge in [0.1, 0.15) is 5.75 Å². The lowest BCUT2D eigenvalue weighted by Crippen LogP contribution is -2.06. The molecule has 0 amide bonds. The average Bonchev–Trinajstić information content (AvgIpc) is 2.52. The molecule has 0 bridgehead atoms. The highest BCUT2D eigenvalue weighted by Gasteiger charge is 2.11. The van der Waals surface area contributed by atoms with E-state index in [1.165, 1.54) is 20.5 Å². The van der Waals surface area contributed by atoms with Crippen LogP contribution in [0.1, 0.15) is 12.5 Å². The van der Waals surface area contributed by atoms with Gasteiger partial charge in [-0.1, -0.05) is 30.4 Å². The number of carbonyl (C=O) groups is 1. The van der Waals surface area contributed by atoms with Crippen molar-refractivity contribution in [3.8, 4) is 5.75 Å². The van der Waals surface area contributed by atoms with E-state index in [4.69, 9.17) is 14.2 Å². The molecule has 0 spiro atoms. The first-order valence-electron chi connectivity index (χ1n) is 6.43. The van der Waals surface area contributed by atoms with Gasteiger partial charge in [0.2, 0.25) is 0 Å². The monoisotopic (exact) mass is 288 g/mol. The molecule has 112 valence electrons. The molecule has 1 rings (SSSR count). The minimum absolute atomic E-state index is 0.388. The van der Waals surface area contributed by atoms with Gasteiger partial charge in [0.15, 0.2) is 0 Å². The van der Waals surface area contributed by atoms with Crippen LogP contribution in [0.15, 0.2) is 53.8 Å². The van der Waals surface area contributed by atoms with Crippen molar-refractivity contribution in [2.75, 3.05) is 21.3 Å². The predicted molar refractivity (Wildman–Crippen MR) is 82.9 cm³/mol. The molecule has 0 N–H and O–H groups in total. The molecule has 0 saturated heterocycles. The second-order valence-electron chi connectivity index (χ2n) is 4.24. The van der Waals surface area contributed by atoms with Crippen molar-refractivity contribution < 1.29 is 19.0 Å². The summed E-state index contributed by atoms with van der Waals surface area (Å²) in [5, 5.41) is 0. The van der Waals surface area contributed by atoms with Gasteiger partial charge in [0.05, 0.1) is 33.2 Å². The summed E-state index contributed by atoms with van der Waals surface area (Å²) in [5.74, 6) is 0.387. The van der Waals surface area contributed by atoms with Gasteiger partial charge >= 0.3 is 5.97 Å². The van der Waals surface area contributed by atoms with E-state index in [0.717, 1.165) is 16.9 Å². The van der Waals surface area contributed by atoms with Gasteiger partial charge in [-0.3, -0.25) is 0 Å². The summed E-state index contributed by atoms with van der Waals surface area (Å²) in [6, 6.07) is 7.68. The molecule has 0 aliphatic rings. The van der Waals surface area contributed by atoms with Gasteiger partial charge in [0, 0.05) is 0 Å². The van der Waals surface area contributed by atoms with Crippen LogP contribution in [0.25, 0.3) is 6.08 Å². The van der Waals surface area contributed by atoms with Crippen LogP contribution in [0.4, 0.5) is 0 Å². The zero-order valence-corrected chi connectivity index (χ0v) is 12.8. The number of rotatable bonds is 6. The normalized spacial score (nSPS) is 12.4. The molecule has 0 aliphatic carbocycles. The average molecular weight is 288 g/mol. The number of ether oxygens (including phenoxy) is 3. The first-order chi connectivity index (χ1) is 10.1. The maximum Gasteiger partial charge on any atom is 0.341 e. The van der Waals surface area contributed by atoms with Crippen LogP contribution in [0.3, 0.4) is 0 Å². The predicted octanol–water partition coefficient (Wildman–Crippen LogP) is 3.36. The molecule has 0 radical (unpaired) electrons. The highest BCUT2D eigenvalue weighted by atomic mass is 16.5. The molecule has 0 saturated carbocycles. The lowest BCUT2D eigenvalue weighted by atomic mass is 10.1. The lowest BCUT2D eigenvalue weighted by molar-refractivity contribution is -0.135. The Balaban J connectivity index is 2.83. The molecular weight excluding hydrogens is 268 g/mol. The van der Waals surface area contributed by atoms with Crippen molar-refractivity contribution in [3.05, 3.63) is 59.4 Å². The fourth-order valence-electron chi connectivity index (χ4n) is 1.64. The summed E-state index contributed by atoms with van der Waals surface area (Å²) in [6.45, 7) is 1.82. The number of carbonyl (C=O) groups excluding carboxylic acids is 1. The number of allylic oxidation sites excluding steroid dienone is 2. The molecule has 1 aromatic rings. The Hall–Kier alpha value is -2.49. The molecular formula is C17H20O4. The number of hydrogen-bond donors (Lipinski definition) is 0. The van der Waals surface area contributed by atoms with E-state index in [9.17, 15) is 4.79 Å². The third-order valence-electron chi connectivity index (χ3n) is 2.82. The standard InChI is InChI=1S/C17H20O4/c1-13(16(12-19-2)17(18)21-4)6-5-7-14-8-10-15(20-3)11-9-14/h5-12H,1-4H3/b7-5+,13-6-,16-12+. The van der Waals surface area contributed by atoms with Crippen molar-refractivity contribution in [2.24, 2.45) is 0 Å².